The van der Waals surface area contributed by atoms with E-state index in [-0.39, 0.29) is 21.7 Å². The van der Waals surface area contributed by atoms with Crippen molar-refractivity contribution in [3.8, 4) is 12.1 Å². The summed E-state index contributed by atoms with van der Waals surface area (Å²) in [4.78, 5) is 0. The fourth-order valence-electron chi connectivity index (χ4n) is 5.35. The Morgan fingerprint density at radius 3 is 1.23 bits per heavy atom. The highest BCUT2D eigenvalue weighted by Gasteiger charge is 2.59. The van der Waals surface area contributed by atoms with E-state index in [4.69, 9.17) is 0 Å². The third-order valence-electron chi connectivity index (χ3n) is 7.64. The quantitative estimate of drug-likeness (QED) is 0.442. The summed E-state index contributed by atoms with van der Waals surface area (Å²) in [6, 6.07) is 4.84. The summed E-state index contributed by atoms with van der Waals surface area (Å²) in [6.07, 6.45) is 13.4. The summed E-state index contributed by atoms with van der Waals surface area (Å²) in [5.74, 6) is 0. The standard InChI is InChI=1S/C28H30N2/c1-25(2,3)19-11-17-9-10-18-12-20(26(4,5)6)14-24-22(16-30)21(15-29)23(13-19)27(17,7)28(18,24)8/h9-14H,1-8H3/t27-,28-/m1/s1. The molecule has 0 fully saturated rings. The summed E-state index contributed by atoms with van der Waals surface area (Å²) >= 11 is 0. The van der Waals surface area contributed by atoms with Gasteiger partial charge in [-0.1, -0.05) is 91.8 Å². The van der Waals surface area contributed by atoms with Crippen LogP contribution in [0.2, 0.25) is 0 Å². The Balaban J connectivity index is 2.20. The molecule has 0 N–H and O–H groups in total. The molecule has 4 aliphatic rings. The molecule has 0 spiro atoms. The highest BCUT2D eigenvalue weighted by Crippen LogP contribution is 2.68. The monoisotopic (exact) mass is 394 g/mol. The maximum absolute atomic E-state index is 10.2. The zero-order valence-corrected chi connectivity index (χ0v) is 19.4. The van der Waals surface area contributed by atoms with Gasteiger partial charge in [-0.05, 0) is 44.3 Å². The zero-order chi connectivity index (χ0) is 22.3. The van der Waals surface area contributed by atoms with Crippen LogP contribution in [-0.4, -0.2) is 0 Å². The van der Waals surface area contributed by atoms with Crippen LogP contribution in [0.5, 0.6) is 0 Å². The van der Waals surface area contributed by atoms with Crippen molar-refractivity contribution in [1.82, 2.24) is 0 Å². The van der Waals surface area contributed by atoms with Crippen molar-refractivity contribution in [3.05, 3.63) is 81.0 Å². The lowest BCUT2D eigenvalue weighted by molar-refractivity contribution is 0.242. The zero-order valence-electron chi connectivity index (χ0n) is 19.4. The van der Waals surface area contributed by atoms with Crippen molar-refractivity contribution in [2.75, 3.05) is 0 Å². The molecule has 0 aromatic carbocycles. The second-order valence-corrected chi connectivity index (χ2v) is 11.3. The molecule has 2 heteroatoms. The highest BCUT2D eigenvalue weighted by molar-refractivity contribution is 5.76. The van der Waals surface area contributed by atoms with Crippen LogP contribution in [0, 0.1) is 44.3 Å². The summed E-state index contributed by atoms with van der Waals surface area (Å²) in [7, 11) is 0. The fraction of sp³-hybridized carbons (Fsp3) is 0.429. The Morgan fingerprint density at radius 1 is 0.633 bits per heavy atom. The normalized spacial score (nSPS) is 29.9. The van der Waals surface area contributed by atoms with Gasteiger partial charge in [0.1, 0.15) is 12.1 Å². The number of hydrogen-bond donors (Lipinski definition) is 0. The summed E-state index contributed by atoms with van der Waals surface area (Å²) in [5, 5.41) is 20.4. The minimum Gasteiger partial charge on any atom is -0.192 e. The van der Waals surface area contributed by atoms with Gasteiger partial charge in [-0.15, -0.1) is 0 Å². The van der Waals surface area contributed by atoms with E-state index in [2.05, 4.69) is 104 Å². The maximum Gasteiger partial charge on any atom is 0.101 e. The second kappa shape index (κ2) is 5.86. The van der Waals surface area contributed by atoms with Crippen molar-refractivity contribution >= 4 is 0 Å². The van der Waals surface area contributed by atoms with Crippen LogP contribution in [0.15, 0.2) is 81.0 Å². The van der Waals surface area contributed by atoms with Crippen LogP contribution in [-0.2, 0) is 0 Å². The van der Waals surface area contributed by atoms with E-state index in [1.165, 1.54) is 22.3 Å². The Labute approximate surface area is 181 Å². The van der Waals surface area contributed by atoms with Gasteiger partial charge in [-0.3, -0.25) is 0 Å². The topological polar surface area (TPSA) is 47.6 Å². The molecule has 2 nitrogen and oxygen atoms in total. The number of rotatable bonds is 0. The Bertz CT molecular complexity index is 1080. The van der Waals surface area contributed by atoms with E-state index in [9.17, 15) is 10.5 Å². The van der Waals surface area contributed by atoms with Crippen LogP contribution in [0.25, 0.3) is 0 Å². The number of allylic oxidation sites excluding steroid dienone is 14. The molecule has 4 rings (SSSR count). The van der Waals surface area contributed by atoms with Crippen LogP contribution < -0.4 is 0 Å². The first-order valence-electron chi connectivity index (χ1n) is 10.7. The number of hydrogen-bond acceptors (Lipinski definition) is 2. The van der Waals surface area contributed by atoms with Crippen molar-refractivity contribution in [2.24, 2.45) is 21.7 Å². The van der Waals surface area contributed by atoms with Gasteiger partial charge in [0.05, 0.1) is 11.1 Å². The maximum atomic E-state index is 10.2. The molecular formula is C28H30N2. The van der Waals surface area contributed by atoms with Gasteiger partial charge in [0, 0.05) is 10.8 Å². The average Bonchev–Trinajstić information content (AvgIpc) is 2.63. The minimum atomic E-state index is -0.386. The Hall–Kier alpha value is -2.84. The molecule has 2 atom stereocenters. The molecule has 0 heterocycles. The van der Waals surface area contributed by atoms with Crippen molar-refractivity contribution in [3.63, 3.8) is 0 Å². The molecule has 152 valence electrons. The SMILES string of the molecule is CC(C)(C)C1=CC2=C(C#N)C(C#N)=C3C=C(C(C)(C)C)C=C4C=CC(=C1)[C@@]2(C)[C@]43C. The fourth-order valence-corrected chi connectivity index (χ4v) is 5.35. The second-order valence-electron chi connectivity index (χ2n) is 11.3. The average molecular weight is 395 g/mol. The number of nitrogens with zero attached hydrogens (tertiary/aromatic N) is 2. The van der Waals surface area contributed by atoms with Crippen LogP contribution in [0.4, 0.5) is 0 Å². The summed E-state index contributed by atoms with van der Waals surface area (Å²) < 4.78 is 0. The predicted octanol–water partition coefficient (Wildman–Crippen LogP) is 7.05. The third kappa shape index (κ3) is 2.34. The van der Waals surface area contributed by atoms with Crippen molar-refractivity contribution < 1.29 is 0 Å². The van der Waals surface area contributed by atoms with Gasteiger partial charge in [0.2, 0.25) is 0 Å². The lowest BCUT2D eigenvalue weighted by Crippen LogP contribution is -2.49. The Kier molecular flexibility index (Phi) is 3.99. The van der Waals surface area contributed by atoms with E-state index < -0.39 is 0 Å². The van der Waals surface area contributed by atoms with Gasteiger partial charge in [0.25, 0.3) is 0 Å². The van der Waals surface area contributed by atoms with Crippen molar-refractivity contribution in [1.29, 1.82) is 10.5 Å². The van der Waals surface area contributed by atoms with Crippen LogP contribution in [0.3, 0.4) is 0 Å². The molecule has 0 aliphatic heterocycles. The smallest absolute Gasteiger partial charge is 0.101 e. The van der Waals surface area contributed by atoms with E-state index in [0.29, 0.717) is 11.1 Å². The molecule has 30 heavy (non-hydrogen) atoms. The highest BCUT2D eigenvalue weighted by atomic mass is 14.6. The lowest BCUT2D eigenvalue weighted by atomic mass is 9.44. The summed E-state index contributed by atoms with van der Waals surface area (Å²) in [6.45, 7) is 17.7. The molecule has 0 saturated carbocycles. The molecule has 0 amide bonds. The van der Waals surface area contributed by atoms with E-state index in [1.807, 2.05) is 0 Å². The van der Waals surface area contributed by atoms with E-state index >= 15 is 0 Å². The van der Waals surface area contributed by atoms with E-state index in [1.54, 1.807) is 0 Å². The molecule has 0 aromatic heterocycles. The molecular weight excluding hydrogens is 364 g/mol. The molecule has 4 aliphatic carbocycles. The van der Waals surface area contributed by atoms with Gasteiger partial charge in [0.15, 0.2) is 0 Å². The third-order valence-corrected chi connectivity index (χ3v) is 7.64. The van der Waals surface area contributed by atoms with Crippen LogP contribution >= 0.6 is 0 Å². The largest absolute Gasteiger partial charge is 0.192 e. The first-order valence-corrected chi connectivity index (χ1v) is 10.7. The Morgan fingerprint density at radius 2 is 0.967 bits per heavy atom. The predicted molar refractivity (Wildman–Crippen MR) is 122 cm³/mol. The summed E-state index contributed by atoms with van der Waals surface area (Å²) in [5.41, 5.74) is 7.00. The van der Waals surface area contributed by atoms with Crippen LogP contribution in [0.1, 0.15) is 55.4 Å². The van der Waals surface area contributed by atoms with E-state index in [0.717, 1.165) is 11.1 Å². The molecule has 0 saturated heterocycles. The number of nitriles is 2. The van der Waals surface area contributed by atoms with Gasteiger partial charge in [-0.25, -0.2) is 0 Å². The molecule has 0 bridgehead atoms. The van der Waals surface area contributed by atoms with Gasteiger partial charge < -0.3 is 0 Å². The first kappa shape index (κ1) is 20.4. The molecule has 0 unspecified atom stereocenters. The van der Waals surface area contributed by atoms with Crippen molar-refractivity contribution in [2.45, 2.75) is 55.4 Å². The minimum absolute atomic E-state index is 0.0462. The lowest BCUT2D eigenvalue weighted by Gasteiger charge is -2.58. The van der Waals surface area contributed by atoms with Gasteiger partial charge in [-0.2, -0.15) is 10.5 Å². The molecule has 0 radical (unpaired) electrons. The first-order chi connectivity index (χ1) is 13.8. The molecule has 0 aromatic rings. The van der Waals surface area contributed by atoms with Gasteiger partial charge >= 0.3 is 0 Å².